The van der Waals surface area contributed by atoms with Crippen molar-refractivity contribution in [2.75, 3.05) is 6.54 Å². The van der Waals surface area contributed by atoms with Crippen molar-refractivity contribution < 1.29 is 19.8 Å². The van der Waals surface area contributed by atoms with Crippen LogP contribution in [0.1, 0.15) is 18.4 Å². The first-order valence-corrected chi connectivity index (χ1v) is 6.58. The second kappa shape index (κ2) is 6.38. The van der Waals surface area contributed by atoms with Gasteiger partial charge in [0.2, 0.25) is 5.91 Å². The minimum atomic E-state index is -1.07. The van der Waals surface area contributed by atoms with Gasteiger partial charge >= 0.3 is 5.97 Å². The Morgan fingerprint density at radius 1 is 1.25 bits per heavy atom. The van der Waals surface area contributed by atoms with Gasteiger partial charge in [0.05, 0.1) is 6.54 Å². The Morgan fingerprint density at radius 2 is 1.90 bits per heavy atom. The number of phenolic OH excluding ortho intramolecular Hbond substituents is 1. The lowest BCUT2D eigenvalue weighted by molar-refractivity contribution is -0.141. The zero-order valence-electron chi connectivity index (χ0n) is 11.0. The first-order chi connectivity index (χ1) is 9.54. The number of amides is 1. The molecule has 0 bridgehead atoms. The second-order valence-electron chi connectivity index (χ2n) is 4.98. The molecule has 0 unspecified atom stereocenters. The van der Waals surface area contributed by atoms with E-state index in [1.807, 2.05) is 0 Å². The molecule has 1 aromatic rings. The summed E-state index contributed by atoms with van der Waals surface area (Å²) in [6, 6.07) is 5.70. The summed E-state index contributed by atoms with van der Waals surface area (Å²) in [6.07, 6.45) is 2.33. The minimum absolute atomic E-state index is 0.123. The number of carbonyl (C=O) groups excluding carboxylic acids is 1. The van der Waals surface area contributed by atoms with Crippen LogP contribution in [0.3, 0.4) is 0 Å². The number of nitrogens with one attached hydrogen (secondary N) is 2. The fraction of sp³-hybridized carbons (Fsp3) is 0.429. The van der Waals surface area contributed by atoms with Gasteiger partial charge in [-0.2, -0.15) is 0 Å². The van der Waals surface area contributed by atoms with Gasteiger partial charge in [0, 0.05) is 12.5 Å². The van der Waals surface area contributed by atoms with Crippen LogP contribution in [0, 0.1) is 0 Å². The molecule has 1 fully saturated rings. The van der Waals surface area contributed by atoms with Crippen molar-refractivity contribution in [2.45, 2.75) is 31.3 Å². The number of benzene rings is 1. The molecule has 4 N–H and O–H groups in total. The van der Waals surface area contributed by atoms with E-state index >= 15 is 0 Å². The minimum Gasteiger partial charge on any atom is -0.508 e. The molecule has 0 saturated heterocycles. The Labute approximate surface area is 116 Å². The number of phenols is 1. The average molecular weight is 278 g/mol. The fourth-order valence-electron chi connectivity index (χ4n) is 1.84. The highest BCUT2D eigenvalue weighted by Gasteiger charge is 2.23. The maximum atomic E-state index is 11.7. The first-order valence-electron chi connectivity index (χ1n) is 6.58. The van der Waals surface area contributed by atoms with E-state index in [4.69, 9.17) is 5.11 Å². The van der Waals surface area contributed by atoms with Crippen LogP contribution >= 0.6 is 0 Å². The summed E-state index contributed by atoms with van der Waals surface area (Å²) in [7, 11) is 0. The predicted octanol–water partition coefficient (Wildman–Crippen LogP) is 0.256. The Kier molecular flexibility index (Phi) is 4.57. The number of hydrogen-bond acceptors (Lipinski definition) is 4. The molecule has 1 amide bonds. The van der Waals surface area contributed by atoms with Gasteiger partial charge in [-0.05, 0) is 30.5 Å². The van der Waals surface area contributed by atoms with E-state index in [9.17, 15) is 14.7 Å². The molecule has 1 atom stereocenters. The van der Waals surface area contributed by atoms with Crippen LogP contribution in [0.4, 0.5) is 0 Å². The molecule has 0 aliphatic heterocycles. The number of carboxylic acids is 1. The molecule has 108 valence electrons. The normalized spacial score (nSPS) is 15.6. The highest BCUT2D eigenvalue weighted by molar-refractivity contribution is 5.84. The fourth-order valence-corrected chi connectivity index (χ4v) is 1.84. The Morgan fingerprint density at radius 3 is 2.45 bits per heavy atom. The summed E-state index contributed by atoms with van der Waals surface area (Å²) in [5.41, 5.74) is 0.741. The SMILES string of the molecule is O=C(CNC1CC1)N[C@H](Cc1ccc(O)cc1)C(=O)O. The highest BCUT2D eigenvalue weighted by Crippen LogP contribution is 2.18. The molecule has 20 heavy (non-hydrogen) atoms. The summed E-state index contributed by atoms with van der Waals surface area (Å²) in [5.74, 6) is -1.26. The number of aromatic hydroxyl groups is 1. The van der Waals surface area contributed by atoms with E-state index in [2.05, 4.69) is 10.6 Å². The standard InChI is InChI=1S/C14H18N2O4/c17-11-5-1-9(2-6-11)7-12(14(19)20)16-13(18)8-15-10-3-4-10/h1-2,5-6,10,12,15,17H,3-4,7-8H2,(H,16,18)(H,19,20)/t12-/m1/s1. The third kappa shape index (κ3) is 4.55. The van der Waals surface area contributed by atoms with Crippen LogP contribution < -0.4 is 10.6 Å². The largest absolute Gasteiger partial charge is 0.508 e. The lowest BCUT2D eigenvalue weighted by Gasteiger charge is -2.15. The van der Waals surface area contributed by atoms with E-state index < -0.39 is 12.0 Å². The van der Waals surface area contributed by atoms with Crippen molar-refractivity contribution in [3.05, 3.63) is 29.8 Å². The van der Waals surface area contributed by atoms with Gasteiger partial charge < -0.3 is 20.8 Å². The van der Waals surface area contributed by atoms with E-state index in [0.717, 1.165) is 18.4 Å². The predicted molar refractivity (Wildman–Crippen MR) is 72.4 cm³/mol. The molecule has 6 nitrogen and oxygen atoms in total. The molecule has 0 radical (unpaired) electrons. The molecule has 1 aromatic carbocycles. The molecule has 1 aliphatic carbocycles. The molecule has 1 saturated carbocycles. The number of carbonyl (C=O) groups is 2. The maximum absolute atomic E-state index is 11.7. The van der Waals surface area contributed by atoms with Crippen molar-refractivity contribution in [3.63, 3.8) is 0 Å². The summed E-state index contributed by atoms with van der Waals surface area (Å²) in [6.45, 7) is 0.143. The Balaban J connectivity index is 1.87. The lowest BCUT2D eigenvalue weighted by atomic mass is 10.1. The topological polar surface area (TPSA) is 98.7 Å². The average Bonchev–Trinajstić information content (AvgIpc) is 3.22. The summed E-state index contributed by atoms with van der Waals surface area (Å²) in [4.78, 5) is 22.8. The van der Waals surface area contributed by atoms with E-state index in [0.29, 0.717) is 6.04 Å². The van der Waals surface area contributed by atoms with Crippen LogP contribution in [-0.2, 0) is 16.0 Å². The first kappa shape index (κ1) is 14.3. The van der Waals surface area contributed by atoms with E-state index in [1.54, 1.807) is 12.1 Å². The molecule has 1 aliphatic rings. The van der Waals surface area contributed by atoms with Crippen molar-refractivity contribution >= 4 is 11.9 Å². The molecule has 0 spiro atoms. The van der Waals surface area contributed by atoms with Crippen LogP contribution in [-0.4, -0.2) is 40.7 Å². The number of carboxylic acid groups (broad SMARTS) is 1. The Hall–Kier alpha value is -2.08. The number of hydrogen-bond donors (Lipinski definition) is 4. The molecular formula is C14H18N2O4. The van der Waals surface area contributed by atoms with Gasteiger partial charge in [-0.3, -0.25) is 4.79 Å². The summed E-state index contributed by atoms with van der Waals surface area (Å²) in [5, 5.41) is 23.9. The number of aliphatic carboxylic acids is 1. The smallest absolute Gasteiger partial charge is 0.326 e. The zero-order valence-corrected chi connectivity index (χ0v) is 11.0. The van der Waals surface area contributed by atoms with Crippen LogP contribution in [0.5, 0.6) is 5.75 Å². The molecule has 2 rings (SSSR count). The monoisotopic (exact) mass is 278 g/mol. The van der Waals surface area contributed by atoms with Crippen LogP contribution in [0.2, 0.25) is 0 Å². The van der Waals surface area contributed by atoms with Crippen molar-refractivity contribution in [3.8, 4) is 5.75 Å². The molecule has 0 aromatic heterocycles. The highest BCUT2D eigenvalue weighted by atomic mass is 16.4. The van der Waals surface area contributed by atoms with Crippen molar-refractivity contribution in [2.24, 2.45) is 0 Å². The third-order valence-corrected chi connectivity index (χ3v) is 3.14. The third-order valence-electron chi connectivity index (χ3n) is 3.14. The van der Waals surface area contributed by atoms with E-state index in [-0.39, 0.29) is 24.6 Å². The van der Waals surface area contributed by atoms with Gasteiger partial charge in [-0.15, -0.1) is 0 Å². The van der Waals surface area contributed by atoms with Gasteiger partial charge in [0.25, 0.3) is 0 Å². The quantitative estimate of drug-likeness (QED) is 0.573. The molecule has 6 heteroatoms. The van der Waals surface area contributed by atoms with Gasteiger partial charge in [0.15, 0.2) is 0 Å². The number of rotatable bonds is 7. The van der Waals surface area contributed by atoms with Gasteiger partial charge in [0.1, 0.15) is 11.8 Å². The maximum Gasteiger partial charge on any atom is 0.326 e. The lowest BCUT2D eigenvalue weighted by Crippen LogP contribution is -2.46. The second-order valence-corrected chi connectivity index (χ2v) is 4.98. The molecule has 0 heterocycles. The summed E-state index contributed by atoms with van der Waals surface area (Å²) < 4.78 is 0. The van der Waals surface area contributed by atoms with Crippen LogP contribution in [0.15, 0.2) is 24.3 Å². The molecular weight excluding hydrogens is 260 g/mol. The van der Waals surface area contributed by atoms with Crippen LogP contribution in [0.25, 0.3) is 0 Å². The van der Waals surface area contributed by atoms with Gasteiger partial charge in [-0.25, -0.2) is 4.79 Å². The van der Waals surface area contributed by atoms with Crippen molar-refractivity contribution in [1.82, 2.24) is 10.6 Å². The zero-order chi connectivity index (χ0) is 14.5. The van der Waals surface area contributed by atoms with Crippen molar-refractivity contribution in [1.29, 1.82) is 0 Å². The Bertz CT molecular complexity index is 482. The van der Waals surface area contributed by atoms with E-state index in [1.165, 1.54) is 12.1 Å². The van der Waals surface area contributed by atoms with Gasteiger partial charge in [-0.1, -0.05) is 12.1 Å². The summed E-state index contributed by atoms with van der Waals surface area (Å²) >= 11 is 0.